The first-order valence-electron chi connectivity index (χ1n) is 12.0. The lowest BCUT2D eigenvalue weighted by Gasteiger charge is -2.19. The van der Waals surface area contributed by atoms with Crippen molar-refractivity contribution >= 4 is 34.3 Å². The van der Waals surface area contributed by atoms with Crippen molar-refractivity contribution in [3.8, 4) is 5.75 Å². The number of hydrogen-bond acceptors (Lipinski definition) is 5. The second-order valence-corrected chi connectivity index (χ2v) is 9.93. The van der Waals surface area contributed by atoms with Crippen LogP contribution in [0, 0.1) is 6.92 Å². The Bertz CT molecular complexity index is 1210. The van der Waals surface area contributed by atoms with Gasteiger partial charge in [-0.2, -0.15) is 0 Å². The fourth-order valence-corrected chi connectivity index (χ4v) is 5.61. The normalized spacial score (nSPS) is 15.0. The van der Waals surface area contributed by atoms with Gasteiger partial charge < -0.3 is 14.8 Å². The minimum Gasteiger partial charge on any atom is -0.489 e. The Kier molecular flexibility index (Phi) is 8.03. The first-order chi connectivity index (χ1) is 16.9. The summed E-state index contributed by atoms with van der Waals surface area (Å²) in [4.78, 5) is 26.6. The quantitative estimate of drug-likeness (QED) is 0.276. The highest BCUT2D eigenvalue weighted by molar-refractivity contribution is 7.17. The lowest BCUT2D eigenvalue weighted by Crippen LogP contribution is -2.15. The Morgan fingerprint density at radius 2 is 1.86 bits per heavy atom. The van der Waals surface area contributed by atoms with Crippen LogP contribution in [0.25, 0.3) is 6.08 Å². The molecule has 1 aliphatic carbocycles. The van der Waals surface area contributed by atoms with Crippen molar-refractivity contribution in [1.29, 1.82) is 0 Å². The molecular formula is C29H31NO4S. The minimum absolute atomic E-state index is 0.276. The van der Waals surface area contributed by atoms with E-state index in [1.165, 1.54) is 27.9 Å². The highest BCUT2D eigenvalue weighted by Gasteiger charge is 2.30. The number of hydrogen-bond donors (Lipinski definition) is 1. The third-order valence-corrected chi connectivity index (χ3v) is 7.29. The molecule has 0 saturated heterocycles. The van der Waals surface area contributed by atoms with Crippen molar-refractivity contribution in [2.45, 2.75) is 52.6 Å². The van der Waals surface area contributed by atoms with Crippen LogP contribution < -0.4 is 10.1 Å². The molecule has 1 atom stereocenters. The lowest BCUT2D eigenvalue weighted by molar-refractivity contribution is -0.111. The van der Waals surface area contributed by atoms with Crippen LogP contribution in [-0.4, -0.2) is 18.5 Å². The largest absolute Gasteiger partial charge is 0.489 e. The number of nitrogens with one attached hydrogen (secondary N) is 1. The van der Waals surface area contributed by atoms with Gasteiger partial charge in [0.05, 0.1) is 12.2 Å². The molecule has 1 aromatic heterocycles. The predicted molar refractivity (Wildman–Crippen MR) is 141 cm³/mol. The van der Waals surface area contributed by atoms with Crippen molar-refractivity contribution < 1.29 is 19.1 Å². The molecule has 1 heterocycles. The smallest absolute Gasteiger partial charge is 0.341 e. The first kappa shape index (κ1) is 24.7. The van der Waals surface area contributed by atoms with E-state index >= 15 is 0 Å². The van der Waals surface area contributed by atoms with E-state index in [1.54, 1.807) is 13.0 Å². The Hall–Kier alpha value is -3.38. The predicted octanol–water partition coefficient (Wildman–Crippen LogP) is 6.90. The maximum absolute atomic E-state index is 12.7. The number of carbonyl (C=O) groups excluding carboxylic acids is 2. The Labute approximate surface area is 210 Å². The fourth-order valence-electron chi connectivity index (χ4n) is 4.26. The van der Waals surface area contributed by atoms with Crippen molar-refractivity contribution in [1.82, 2.24) is 0 Å². The fraction of sp³-hybridized carbons (Fsp3) is 0.310. The third-order valence-electron chi connectivity index (χ3n) is 6.11. The van der Waals surface area contributed by atoms with Gasteiger partial charge in [0.15, 0.2) is 0 Å². The zero-order valence-electron chi connectivity index (χ0n) is 20.4. The van der Waals surface area contributed by atoms with E-state index < -0.39 is 0 Å². The molecule has 0 fully saturated rings. The molecule has 1 N–H and O–H groups in total. The number of amides is 1. The van der Waals surface area contributed by atoms with E-state index in [0.717, 1.165) is 41.7 Å². The molecular weight excluding hydrogens is 458 g/mol. The van der Waals surface area contributed by atoms with E-state index in [2.05, 4.69) is 43.4 Å². The van der Waals surface area contributed by atoms with Crippen molar-refractivity contribution in [3.63, 3.8) is 0 Å². The molecule has 2 aromatic carbocycles. The van der Waals surface area contributed by atoms with Crippen LogP contribution in [-0.2, 0) is 22.6 Å². The third kappa shape index (κ3) is 6.20. The zero-order chi connectivity index (χ0) is 24.8. The van der Waals surface area contributed by atoms with E-state index in [1.807, 2.05) is 24.3 Å². The molecule has 0 bridgehead atoms. The number of thiophene rings is 1. The monoisotopic (exact) mass is 489 g/mol. The molecule has 3 aromatic rings. The molecule has 1 unspecified atom stereocenters. The van der Waals surface area contributed by atoms with Gasteiger partial charge in [0.25, 0.3) is 0 Å². The van der Waals surface area contributed by atoms with E-state index in [-0.39, 0.29) is 17.8 Å². The number of esters is 1. The summed E-state index contributed by atoms with van der Waals surface area (Å²) in [5.41, 5.74) is 4.78. The molecule has 0 spiro atoms. The van der Waals surface area contributed by atoms with Crippen LogP contribution in [0.5, 0.6) is 5.75 Å². The zero-order valence-corrected chi connectivity index (χ0v) is 21.2. The second kappa shape index (κ2) is 11.4. The maximum atomic E-state index is 12.7. The van der Waals surface area contributed by atoms with E-state index in [4.69, 9.17) is 9.47 Å². The topological polar surface area (TPSA) is 64.6 Å². The summed E-state index contributed by atoms with van der Waals surface area (Å²) in [5.74, 6) is 0.410. The summed E-state index contributed by atoms with van der Waals surface area (Å²) in [6.45, 7) is 6.79. The molecule has 0 saturated carbocycles. The van der Waals surface area contributed by atoms with Gasteiger partial charge in [0.2, 0.25) is 5.91 Å². The Balaban J connectivity index is 1.40. The maximum Gasteiger partial charge on any atom is 0.341 e. The SMILES string of the molecule is CCOC(=O)c1c(NC(=O)C=Cc2ccc(OCc3ccc(C)cc3)cc2)sc2c1C(C)CCC2. The van der Waals surface area contributed by atoms with Crippen LogP contribution in [0.1, 0.15) is 70.1 Å². The molecule has 1 amide bonds. The number of fused-ring (bicyclic) bond motifs is 1. The lowest BCUT2D eigenvalue weighted by atomic mass is 9.86. The first-order valence-corrected chi connectivity index (χ1v) is 12.9. The van der Waals surface area contributed by atoms with Crippen LogP contribution >= 0.6 is 11.3 Å². The number of anilines is 1. The summed E-state index contributed by atoms with van der Waals surface area (Å²) in [7, 11) is 0. The van der Waals surface area contributed by atoms with Crippen LogP contribution in [0.3, 0.4) is 0 Å². The van der Waals surface area contributed by atoms with Gasteiger partial charge in [-0.3, -0.25) is 4.79 Å². The van der Waals surface area contributed by atoms with Crippen LogP contribution in [0.15, 0.2) is 54.6 Å². The van der Waals surface area contributed by atoms with Gasteiger partial charge in [-0.1, -0.05) is 48.9 Å². The number of carbonyl (C=O) groups is 2. The number of ether oxygens (including phenoxy) is 2. The summed E-state index contributed by atoms with van der Waals surface area (Å²) in [6, 6.07) is 15.8. The van der Waals surface area contributed by atoms with E-state index in [9.17, 15) is 9.59 Å². The van der Waals surface area contributed by atoms with Crippen molar-refractivity contribution in [3.05, 3.63) is 87.3 Å². The molecule has 6 heteroatoms. The van der Waals surface area contributed by atoms with Crippen molar-refractivity contribution in [2.75, 3.05) is 11.9 Å². The van der Waals surface area contributed by atoms with Crippen LogP contribution in [0.2, 0.25) is 0 Å². The van der Waals surface area contributed by atoms with Gasteiger partial charge in [0, 0.05) is 11.0 Å². The van der Waals surface area contributed by atoms with E-state index in [0.29, 0.717) is 23.8 Å². The second-order valence-electron chi connectivity index (χ2n) is 8.82. The summed E-state index contributed by atoms with van der Waals surface area (Å²) in [5, 5.41) is 3.50. The van der Waals surface area contributed by atoms with Gasteiger partial charge in [-0.25, -0.2) is 4.79 Å². The summed E-state index contributed by atoms with van der Waals surface area (Å²) < 4.78 is 11.2. The minimum atomic E-state index is -0.362. The number of rotatable bonds is 8. The molecule has 35 heavy (non-hydrogen) atoms. The summed E-state index contributed by atoms with van der Waals surface area (Å²) >= 11 is 1.49. The number of benzene rings is 2. The molecule has 0 aliphatic heterocycles. The van der Waals surface area contributed by atoms with Crippen LogP contribution in [0.4, 0.5) is 5.00 Å². The van der Waals surface area contributed by atoms with Crippen molar-refractivity contribution in [2.24, 2.45) is 0 Å². The van der Waals surface area contributed by atoms with Gasteiger partial charge in [-0.15, -0.1) is 11.3 Å². The summed E-state index contributed by atoms with van der Waals surface area (Å²) in [6.07, 6.45) is 6.29. The van der Waals surface area contributed by atoms with Gasteiger partial charge in [-0.05, 0) is 73.9 Å². The molecule has 4 rings (SSSR count). The molecule has 1 aliphatic rings. The molecule has 0 radical (unpaired) electrons. The van der Waals surface area contributed by atoms with Gasteiger partial charge >= 0.3 is 5.97 Å². The Morgan fingerprint density at radius 3 is 2.57 bits per heavy atom. The Morgan fingerprint density at radius 1 is 1.11 bits per heavy atom. The average molecular weight is 490 g/mol. The molecule has 182 valence electrons. The highest BCUT2D eigenvalue weighted by Crippen LogP contribution is 2.43. The van der Waals surface area contributed by atoms with Gasteiger partial charge in [0.1, 0.15) is 17.4 Å². The average Bonchev–Trinajstić information content (AvgIpc) is 3.22. The molecule has 5 nitrogen and oxygen atoms in total. The standard InChI is InChI=1S/C29H31NO4S/c1-4-33-29(32)27-26-20(3)6-5-7-24(26)35-28(27)30-25(31)17-14-21-12-15-23(16-13-21)34-18-22-10-8-19(2)9-11-22/h8-17,20H,4-7,18H2,1-3H3,(H,30,31). The highest BCUT2D eigenvalue weighted by atomic mass is 32.1. The number of aryl methyl sites for hydroxylation is 2.